The second-order valence-electron chi connectivity index (χ2n) is 5.86. The Balaban J connectivity index is 2.61. The van der Waals surface area contributed by atoms with Crippen LogP contribution in [0.5, 0.6) is 0 Å². The molecule has 0 atom stereocenters. The number of nitrogens with zero attached hydrogens (tertiary/aromatic N) is 2. The molecule has 0 saturated carbocycles. The van der Waals surface area contributed by atoms with Crippen LogP contribution in [0.4, 0.5) is 5.82 Å². The van der Waals surface area contributed by atoms with Gasteiger partial charge in [0.1, 0.15) is 17.3 Å². The highest BCUT2D eigenvalue weighted by atomic mass is 79.9. The van der Waals surface area contributed by atoms with Gasteiger partial charge >= 0.3 is 0 Å². The van der Waals surface area contributed by atoms with Crippen LogP contribution < -0.4 is 5.73 Å². The van der Waals surface area contributed by atoms with Gasteiger partial charge in [0.05, 0.1) is 0 Å². The number of benzene rings is 1. The molecule has 0 amide bonds. The van der Waals surface area contributed by atoms with E-state index >= 15 is 0 Å². The van der Waals surface area contributed by atoms with E-state index < -0.39 is 0 Å². The Labute approximate surface area is 123 Å². The first-order valence-corrected chi connectivity index (χ1v) is 7.13. The van der Waals surface area contributed by atoms with Crippen LogP contribution in [0.15, 0.2) is 22.7 Å². The van der Waals surface area contributed by atoms with Crippen molar-refractivity contribution in [2.24, 2.45) is 0 Å². The van der Waals surface area contributed by atoms with E-state index in [0.29, 0.717) is 0 Å². The summed E-state index contributed by atoms with van der Waals surface area (Å²) in [5.74, 6) is 1.66. The van der Waals surface area contributed by atoms with Gasteiger partial charge in [-0.05, 0) is 46.2 Å². The van der Waals surface area contributed by atoms with Crippen LogP contribution in [0.25, 0.3) is 11.3 Å². The predicted octanol–water partition coefficient (Wildman–Crippen LogP) is 4.27. The van der Waals surface area contributed by atoms with Gasteiger partial charge in [-0.15, -0.1) is 0 Å². The maximum atomic E-state index is 6.30. The number of halogens is 1. The molecular weight excluding hydrogens is 302 g/mol. The maximum Gasteiger partial charge on any atom is 0.132 e. The highest BCUT2D eigenvalue weighted by molar-refractivity contribution is 9.10. The lowest BCUT2D eigenvalue weighted by atomic mass is 10.1. The summed E-state index contributed by atoms with van der Waals surface area (Å²) >= 11 is 3.56. The Kier molecular flexibility index (Phi) is 3.47. The average Bonchev–Trinajstić information content (AvgIpc) is 2.57. The molecule has 0 saturated heterocycles. The van der Waals surface area contributed by atoms with Crippen LogP contribution in [0.1, 0.15) is 32.2 Å². The highest BCUT2D eigenvalue weighted by Crippen LogP contribution is 2.32. The smallest absolute Gasteiger partial charge is 0.132 e. The molecule has 19 heavy (non-hydrogen) atoms. The van der Waals surface area contributed by atoms with E-state index in [1.807, 2.05) is 6.92 Å². The molecule has 0 fully saturated rings. The molecule has 0 radical (unpaired) electrons. The maximum absolute atomic E-state index is 6.30. The molecular formula is C15H20BrN3. The molecule has 2 rings (SSSR count). The summed E-state index contributed by atoms with van der Waals surface area (Å²) in [4.78, 5) is 4.63. The zero-order valence-electron chi connectivity index (χ0n) is 12.1. The number of hydrogen-bond donors (Lipinski definition) is 1. The average molecular weight is 322 g/mol. The molecule has 102 valence electrons. The van der Waals surface area contributed by atoms with Crippen molar-refractivity contribution in [2.45, 2.75) is 40.2 Å². The number of aromatic nitrogens is 2. The molecule has 0 bridgehead atoms. The quantitative estimate of drug-likeness (QED) is 0.852. The lowest BCUT2D eigenvalue weighted by Gasteiger charge is -2.24. The number of nitrogen functional groups attached to an aromatic ring is 1. The van der Waals surface area contributed by atoms with Crippen molar-refractivity contribution in [1.82, 2.24) is 9.55 Å². The lowest BCUT2D eigenvalue weighted by Crippen LogP contribution is -2.24. The molecule has 1 aromatic heterocycles. The van der Waals surface area contributed by atoms with E-state index in [4.69, 9.17) is 5.73 Å². The standard InChI is InChI=1S/C15H20BrN3/c1-9-6-7-11(8-12(9)16)13-14(17)19(10(2)18-13)15(3,4)5/h6-8H,17H2,1-5H3. The third-order valence-electron chi connectivity index (χ3n) is 3.20. The predicted molar refractivity (Wildman–Crippen MR) is 84.2 cm³/mol. The van der Waals surface area contributed by atoms with Crippen molar-refractivity contribution in [2.75, 3.05) is 5.73 Å². The first-order chi connectivity index (χ1) is 8.71. The van der Waals surface area contributed by atoms with Gasteiger partial charge in [0.2, 0.25) is 0 Å². The molecule has 0 unspecified atom stereocenters. The monoisotopic (exact) mass is 321 g/mol. The Bertz CT molecular complexity index is 621. The van der Waals surface area contributed by atoms with Crippen molar-refractivity contribution in [3.8, 4) is 11.3 Å². The van der Waals surface area contributed by atoms with E-state index in [1.165, 1.54) is 5.56 Å². The molecule has 2 aromatic rings. The van der Waals surface area contributed by atoms with Crippen molar-refractivity contribution in [3.05, 3.63) is 34.1 Å². The van der Waals surface area contributed by atoms with Crippen molar-refractivity contribution in [3.63, 3.8) is 0 Å². The molecule has 0 aliphatic rings. The fourth-order valence-corrected chi connectivity index (χ4v) is 2.73. The van der Waals surface area contributed by atoms with E-state index in [9.17, 15) is 0 Å². The molecule has 1 aromatic carbocycles. The van der Waals surface area contributed by atoms with Gasteiger partial charge in [0.25, 0.3) is 0 Å². The first-order valence-electron chi connectivity index (χ1n) is 6.33. The van der Waals surface area contributed by atoms with E-state index in [0.717, 1.165) is 27.4 Å². The van der Waals surface area contributed by atoms with Gasteiger partial charge < -0.3 is 10.3 Å². The van der Waals surface area contributed by atoms with Gasteiger partial charge in [-0.25, -0.2) is 4.98 Å². The van der Waals surface area contributed by atoms with Gasteiger partial charge in [0, 0.05) is 15.6 Å². The van der Waals surface area contributed by atoms with E-state index in [1.54, 1.807) is 0 Å². The van der Waals surface area contributed by atoms with Gasteiger partial charge in [-0.2, -0.15) is 0 Å². The second-order valence-corrected chi connectivity index (χ2v) is 6.72. The Morgan fingerprint density at radius 2 is 1.84 bits per heavy atom. The number of aryl methyl sites for hydroxylation is 2. The van der Waals surface area contributed by atoms with Crippen LogP contribution in [-0.4, -0.2) is 9.55 Å². The number of rotatable bonds is 1. The molecule has 3 nitrogen and oxygen atoms in total. The number of imidazole rings is 1. The Morgan fingerprint density at radius 3 is 2.32 bits per heavy atom. The molecule has 1 heterocycles. The molecule has 0 aliphatic heterocycles. The van der Waals surface area contributed by atoms with Gasteiger partial charge in [-0.1, -0.05) is 28.1 Å². The van der Waals surface area contributed by atoms with E-state index in [-0.39, 0.29) is 5.54 Å². The minimum absolute atomic E-state index is 0.0681. The van der Waals surface area contributed by atoms with Crippen LogP contribution in [0.3, 0.4) is 0 Å². The number of anilines is 1. The second kappa shape index (κ2) is 4.67. The zero-order chi connectivity index (χ0) is 14.4. The first kappa shape index (κ1) is 14.1. The summed E-state index contributed by atoms with van der Waals surface area (Å²) in [6.45, 7) is 10.5. The van der Waals surface area contributed by atoms with Gasteiger partial charge in [-0.3, -0.25) is 0 Å². The highest BCUT2D eigenvalue weighted by Gasteiger charge is 2.22. The lowest BCUT2D eigenvalue weighted by molar-refractivity contribution is 0.393. The Hall–Kier alpha value is -1.29. The van der Waals surface area contributed by atoms with Crippen LogP contribution in [-0.2, 0) is 5.54 Å². The SMILES string of the molecule is Cc1ccc(-c2nc(C)n(C(C)(C)C)c2N)cc1Br. The summed E-state index contributed by atoms with van der Waals surface area (Å²) in [5, 5.41) is 0. The number of nitrogens with two attached hydrogens (primary N) is 1. The third kappa shape index (κ3) is 2.54. The fourth-order valence-electron chi connectivity index (χ4n) is 2.35. The minimum atomic E-state index is -0.0681. The van der Waals surface area contributed by atoms with Crippen LogP contribution in [0.2, 0.25) is 0 Å². The van der Waals surface area contributed by atoms with Crippen molar-refractivity contribution in [1.29, 1.82) is 0 Å². The van der Waals surface area contributed by atoms with Crippen molar-refractivity contribution >= 4 is 21.7 Å². The fraction of sp³-hybridized carbons (Fsp3) is 0.400. The third-order valence-corrected chi connectivity index (χ3v) is 4.05. The molecule has 0 aliphatic carbocycles. The summed E-state index contributed by atoms with van der Waals surface area (Å²) in [7, 11) is 0. The molecule has 0 spiro atoms. The molecule has 4 heteroatoms. The van der Waals surface area contributed by atoms with Crippen molar-refractivity contribution < 1.29 is 0 Å². The van der Waals surface area contributed by atoms with E-state index in [2.05, 4.69) is 71.4 Å². The summed E-state index contributed by atoms with van der Waals surface area (Å²) < 4.78 is 3.16. The topological polar surface area (TPSA) is 43.8 Å². The summed E-state index contributed by atoms with van der Waals surface area (Å²) in [6.07, 6.45) is 0. The Morgan fingerprint density at radius 1 is 1.21 bits per heavy atom. The van der Waals surface area contributed by atoms with Gasteiger partial charge in [0.15, 0.2) is 0 Å². The minimum Gasteiger partial charge on any atom is -0.383 e. The normalized spacial score (nSPS) is 11.9. The van der Waals surface area contributed by atoms with Crippen LogP contribution >= 0.6 is 15.9 Å². The number of hydrogen-bond acceptors (Lipinski definition) is 2. The summed E-state index contributed by atoms with van der Waals surface area (Å²) in [6, 6.07) is 6.20. The summed E-state index contributed by atoms with van der Waals surface area (Å²) in [5.41, 5.74) is 9.33. The largest absolute Gasteiger partial charge is 0.383 e. The zero-order valence-corrected chi connectivity index (χ0v) is 13.7. The van der Waals surface area contributed by atoms with Crippen LogP contribution in [0, 0.1) is 13.8 Å². The molecule has 2 N–H and O–H groups in total.